The number of amides is 1. The number of hydrogen-bond acceptors (Lipinski definition) is 4. The highest BCUT2D eigenvalue weighted by atomic mass is 35.5. The van der Waals surface area contributed by atoms with Crippen LogP contribution in [0, 0.1) is 17.8 Å². The van der Waals surface area contributed by atoms with E-state index in [-0.39, 0.29) is 36.2 Å². The lowest BCUT2D eigenvalue weighted by Crippen LogP contribution is -2.40. The lowest BCUT2D eigenvalue weighted by molar-refractivity contribution is -0.156. The number of Topliss-reactive ketones (excluding diaryl/α,β-unsaturated/α-hetero) is 1. The van der Waals surface area contributed by atoms with Gasteiger partial charge in [0.15, 0.2) is 6.61 Å². The Morgan fingerprint density at radius 3 is 2.62 bits per heavy atom. The van der Waals surface area contributed by atoms with Crippen LogP contribution in [0.15, 0.2) is 24.3 Å². The zero-order valence-corrected chi connectivity index (χ0v) is 15.5. The highest BCUT2D eigenvalue weighted by Gasteiger charge is 2.41. The van der Waals surface area contributed by atoms with Gasteiger partial charge in [-0.15, -0.1) is 0 Å². The van der Waals surface area contributed by atoms with Crippen LogP contribution in [0.1, 0.15) is 37.7 Å². The van der Waals surface area contributed by atoms with Gasteiger partial charge in [-0.2, -0.15) is 0 Å². The van der Waals surface area contributed by atoms with Gasteiger partial charge >= 0.3 is 5.97 Å². The van der Waals surface area contributed by atoms with Crippen molar-refractivity contribution in [3.05, 3.63) is 34.9 Å². The van der Waals surface area contributed by atoms with Crippen molar-refractivity contribution in [2.75, 3.05) is 13.2 Å². The van der Waals surface area contributed by atoms with Crippen LogP contribution < -0.4 is 5.32 Å². The van der Waals surface area contributed by atoms with Crippen molar-refractivity contribution in [1.82, 2.24) is 5.32 Å². The van der Waals surface area contributed by atoms with Gasteiger partial charge in [-0.25, -0.2) is 0 Å². The first-order chi connectivity index (χ1) is 12.5. The molecule has 0 aliphatic heterocycles. The third-order valence-electron chi connectivity index (χ3n) is 5.35. The molecular weight excluding hydrogens is 354 g/mol. The summed E-state index contributed by atoms with van der Waals surface area (Å²) in [5.74, 6) is -0.577. The maximum atomic E-state index is 12.2. The van der Waals surface area contributed by atoms with Crippen molar-refractivity contribution in [1.29, 1.82) is 0 Å². The fourth-order valence-corrected chi connectivity index (χ4v) is 4.23. The lowest BCUT2D eigenvalue weighted by atomic mass is 9.67. The van der Waals surface area contributed by atoms with Crippen LogP contribution in [0.3, 0.4) is 0 Å². The van der Waals surface area contributed by atoms with E-state index in [4.69, 9.17) is 16.3 Å². The summed E-state index contributed by atoms with van der Waals surface area (Å²) in [7, 11) is 0. The number of halogens is 1. The highest BCUT2D eigenvalue weighted by molar-refractivity contribution is 6.30. The molecule has 0 spiro atoms. The van der Waals surface area contributed by atoms with Crippen molar-refractivity contribution in [3.63, 3.8) is 0 Å². The van der Waals surface area contributed by atoms with Crippen LogP contribution in [0.5, 0.6) is 0 Å². The maximum Gasteiger partial charge on any atom is 0.309 e. The molecule has 0 radical (unpaired) electrons. The van der Waals surface area contributed by atoms with Gasteiger partial charge in [0.05, 0.1) is 5.92 Å². The van der Waals surface area contributed by atoms with Crippen LogP contribution in [-0.4, -0.2) is 30.8 Å². The summed E-state index contributed by atoms with van der Waals surface area (Å²) in [5.41, 5.74) is 1.04. The van der Waals surface area contributed by atoms with Gasteiger partial charge in [-0.1, -0.05) is 30.2 Å². The molecule has 1 aromatic rings. The van der Waals surface area contributed by atoms with Gasteiger partial charge in [-0.3, -0.25) is 14.4 Å². The van der Waals surface area contributed by atoms with Crippen LogP contribution in [-0.2, 0) is 25.5 Å². The Labute approximate surface area is 158 Å². The predicted molar refractivity (Wildman–Crippen MR) is 97.7 cm³/mol. The Kier molecular flexibility index (Phi) is 6.30. The minimum Gasteiger partial charge on any atom is -0.455 e. The third kappa shape index (κ3) is 4.85. The first kappa shape index (κ1) is 18.9. The highest BCUT2D eigenvalue weighted by Crippen LogP contribution is 2.40. The third-order valence-corrected chi connectivity index (χ3v) is 5.59. The minimum absolute atomic E-state index is 0.00609. The van der Waals surface area contributed by atoms with E-state index in [0.29, 0.717) is 36.6 Å². The predicted octanol–water partition coefficient (Wildman–Crippen LogP) is 2.94. The Bertz CT molecular complexity index is 674. The molecule has 26 heavy (non-hydrogen) atoms. The normalized spacial score (nSPS) is 24.8. The van der Waals surface area contributed by atoms with Crippen LogP contribution in [0.4, 0.5) is 0 Å². The molecule has 2 aliphatic carbocycles. The molecule has 6 heteroatoms. The molecule has 2 aliphatic rings. The summed E-state index contributed by atoms with van der Waals surface area (Å²) >= 11 is 5.92. The molecule has 0 saturated heterocycles. The van der Waals surface area contributed by atoms with E-state index in [0.717, 1.165) is 24.8 Å². The van der Waals surface area contributed by atoms with E-state index in [1.807, 2.05) is 18.2 Å². The van der Waals surface area contributed by atoms with Gasteiger partial charge in [-0.05, 0) is 49.8 Å². The van der Waals surface area contributed by atoms with E-state index in [1.54, 1.807) is 6.07 Å². The number of esters is 1. The summed E-state index contributed by atoms with van der Waals surface area (Å²) in [6, 6.07) is 7.47. The van der Waals surface area contributed by atoms with Crippen LogP contribution in [0.2, 0.25) is 5.02 Å². The monoisotopic (exact) mass is 377 g/mol. The second kappa shape index (κ2) is 8.67. The molecular formula is C20H24ClNO4. The Morgan fingerprint density at radius 1 is 1.19 bits per heavy atom. The topological polar surface area (TPSA) is 72.5 Å². The van der Waals surface area contributed by atoms with Crippen molar-refractivity contribution >= 4 is 29.3 Å². The number of nitrogens with one attached hydrogen (secondary N) is 1. The second-order valence-electron chi connectivity index (χ2n) is 7.23. The molecule has 0 heterocycles. The van der Waals surface area contributed by atoms with Crippen molar-refractivity contribution in [2.45, 2.75) is 38.5 Å². The SMILES string of the molecule is O=C(COC(=O)C1C[C@H]2CCC[C@@H](C1)C2=O)NCCc1cccc(Cl)c1. The summed E-state index contributed by atoms with van der Waals surface area (Å²) in [5, 5.41) is 3.41. The summed E-state index contributed by atoms with van der Waals surface area (Å²) < 4.78 is 5.18. The molecule has 140 valence electrons. The molecule has 2 saturated carbocycles. The molecule has 2 fully saturated rings. The number of benzene rings is 1. The molecule has 3 rings (SSSR count). The van der Waals surface area contributed by atoms with Crippen LogP contribution in [0.25, 0.3) is 0 Å². The van der Waals surface area contributed by atoms with Gasteiger partial charge in [0.1, 0.15) is 5.78 Å². The molecule has 1 unspecified atom stereocenters. The van der Waals surface area contributed by atoms with Gasteiger partial charge in [0.2, 0.25) is 0 Å². The number of hydrogen-bond donors (Lipinski definition) is 1. The Morgan fingerprint density at radius 2 is 1.92 bits per heavy atom. The molecule has 1 aromatic carbocycles. The van der Waals surface area contributed by atoms with Gasteiger partial charge < -0.3 is 10.1 Å². The summed E-state index contributed by atoms with van der Waals surface area (Å²) in [6.45, 7) is 0.187. The van der Waals surface area contributed by atoms with Crippen molar-refractivity contribution in [2.24, 2.45) is 17.8 Å². The average Bonchev–Trinajstić information content (AvgIpc) is 2.59. The van der Waals surface area contributed by atoms with E-state index in [2.05, 4.69) is 5.32 Å². The molecule has 5 nitrogen and oxygen atoms in total. The zero-order valence-electron chi connectivity index (χ0n) is 14.7. The fourth-order valence-electron chi connectivity index (χ4n) is 4.02. The van der Waals surface area contributed by atoms with E-state index in [1.165, 1.54) is 0 Å². The standard InChI is InChI=1S/C20H24ClNO4/c21-17-6-1-3-13(9-17)7-8-22-18(23)12-26-20(25)16-10-14-4-2-5-15(11-16)19(14)24/h1,3,6,9,14-16H,2,4-5,7-8,10-12H2,(H,22,23)/t14-,15+,16?. The number of fused-ring (bicyclic) bond motifs is 2. The molecule has 0 aromatic heterocycles. The minimum atomic E-state index is -0.348. The number of rotatable bonds is 6. The summed E-state index contributed by atoms with van der Waals surface area (Å²) in [6.07, 6.45) is 4.63. The lowest BCUT2D eigenvalue weighted by Gasteiger charge is -2.36. The van der Waals surface area contributed by atoms with Crippen molar-refractivity contribution in [3.8, 4) is 0 Å². The number of ketones is 1. The van der Waals surface area contributed by atoms with Gasteiger partial charge in [0.25, 0.3) is 5.91 Å². The Hall–Kier alpha value is -1.88. The quantitative estimate of drug-likeness (QED) is 0.773. The molecule has 3 atom stereocenters. The molecule has 2 bridgehead atoms. The van der Waals surface area contributed by atoms with Gasteiger partial charge in [0, 0.05) is 23.4 Å². The second-order valence-corrected chi connectivity index (χ2v) is 7.67. The average molecular weight is 378 g/mol. The number of carbonyl (C=O) groups excluding carboxylic acids is 3. The summed E-state index contributed by atoms with van der Waals surface area (Å²) in [4.78, 5) is 36.2. The first-order valence-corrected chi connectivity index (χ1v) is 9.62. The largest absolute Gasteiger partial charge is 0.455 e. The number of carbonyl (C=O) groups is 3. The maximum absolute atomic E-state index is 12.2. The number of ether oxygens (including phenoxy) is 1. The fraction of sp³-hybridized carbons (Fsp3) is 0.550. The van der Waals surface area contributed by atoms with E-state index < -0.39 is 0 Å². The van der Waals surface area contributed by atoms with Crippen molar-refractivity contribution < 1.29 is 19.1 Å². The zero-order chi connectivity index (χ0) is 18.5. The van der Waals surface area contributed by atoms with Crippen LogP contribution >= 0.6 is 11.6 Å². The molecule has 1 amide bonds. The van der Waals surface area contributed by atoms with E-state index >= 15 is 0 Å². The first-order valence-electron chi connectivity index (χ1n) is 9.24. The molecule has 1 N–H and O–H groups in total. The van der Waals surface area contributed by atoms with E-state index in [9.17, 15) is 14.4 Å². The Balaban J connectivity index is 1.37. The smallest absolute Gasteiger partial charge is 0.309 e.